The predicted octanol–water partition coefficient (Wildman–Crippen LogP) is 3.41. The minimum atomic E-state index is -0.429. The number of methoxy groups -OCH3 is 1. The third-order valence-electron chi connectivity index (χ3n) is 5.05. The van der Waals surface area contributed by atoms with Crippen LogP contribution in [0.25, 0.3) is 22.2 Å². The molecule has 1 aromatic heterocycles. The van der Waals surface area contributed by atoms with Crippen LogP contribution in [0.4, 0.5) is 17.1 Å². The van der Waals surface area contributed by atoms with Gasteiger partial charge >= 0.3 is 5.69 Å². The monoisotopic (exact) mass is 431 g/mol. The Morgan fingerprint density at radius 2 is 2.03 bits per heavy atom. The third-order valence-corrected chi connectivity index (χ3v) is 5.05. The smallest absolute Gasteiger partial charge is 0.348 e. The number of anilines is 2. The molecule has 1 N–H and O–H groups in total. The van der Waals surface area contributed by atoms with E-state index in [9.17, 15) is 14.9 Å². The molecule has 0 spiro atoms. The van der Waals surface area contributed by atoms with Gasteiger partial charge in [0.1, 0.15) is 11.4 Å². The average Bonchev–Trinajstić information content (AvgIpc) is 2.69. The Kier molecular flexibility index (Phi) is 5.95. The minimum Gasteiger partial charge on any atom is -0.497 e. The number of ether oxygens (including phenoxy) is 1. The van der Waals surface area contributed by atoms with E-state index in [1.807, 2.05) is 19.0 Å². The van der Waals surface area contributed by atoms with E-state index in [-0.39, 0.29) is 23.8 Å². The Hall–Kier alpha value is -3.17. The maximum atomic E-state index is 12.9. The van der Waals surface area contributed by atoms with Crippen molar-refractivity contribution in [1.82, 2.24) is 14.5 Å². The first-order valence-corrected chi connectivity index (χ1v) is 9.23. The second-order valence-electron chi connectivity index (χ2n) is 7.20. The lowest BCUT2D eigenvalue weighted by molar-refractivity contribution is -0.383. The lowest BCUT2D eigenvalue weighted by Gasteiger charge is -2.23. The van der Waals surface area contributed by atoms with Gasteiger partial charge in [0.25, 0.3) is 5.69 Å². The van der Waals surface area contributed by atoms with Crippen molar-refractivity contribution in [3.8, 4) is 17.0 Å². The lowest BCUT2D eigenvalue weighted by Crippen LogP contribution is -2.27. The molecule has 0 atom stereocenters. The first-order chi connectivity index (χ1) is 13.9. The van der Waals surface area contributed by atoms with Gasteiger partial charge in [-0.15, -0.1) is 12.4 Å². The van der Waals surface area contributed by atoms with Crippen LogP contribution in [0.5, 0.6) is 5.75 Å². The fraction of sp³-hybridized carbons (Fsp3) is 0.300. The van der Waals surface area contributed by atoms with E-state index in [4.69, 9.17) is 4.74 Å². The molecule has 2 heterocycles. The lowest BCUT2D eigenvalue weighted by atomic mass is 9.97. The molecule has 0 radical (unpaired) electrons. The molecule has 30 heavy (non-hydrogen) atoms. The summed E-state index contributed by atoms with van der Waals surface area (Å²) < 4.78 is 6.89. The molecule has 0 bridgehead atoms. The van der Waals surface area contributed by atoms with Gasteiger partial charge < -0.3 is 15.0 Å². The standard InChI is InChI=1S/C20H21N5O4.ClH/c1-23(2)9-4-10-24-15-7-8-16(25(27)28)19-17(15)18(22-20(24)26)13-11-12(29-3)5-6-14(13)21-19;/h5-8,11,21H,4,9-10H2,1-3H3;1H. The molecule has 4 rings (SSSR count). The number of nitro benzene ring substituents is 1. The molecule has 0 saturated heterocycles. The van der Waals surface area contributed by atoms with Gasteiger partial charge in [-0.2, -0.15) is 4.98 Å². The van der Waals surface area contributed by atoms with Crippen LogP contribution >= 0.6 is 12.4 Å². The summed E-state index contributed by atoms with van der Waals surface area (Å²) in [7, 11) is 5.50. The SMILES string of the molecule is COc1ccc2c(c1)-c1nc(=O)n(CCCN(C)C)c3ccc([N+](=O)[O-])c(c13)N2.Cl. The molecule has 0 saturated carbocycles. The number of nitrogens with zero attached hydrogens (tertiary/aromatic N) is 4. The van der Waals surface area contributed by atoms with Crippen molar-refractivity contribution in [2.24, 2.45) is 0 Å². The van der Waals surface area contributed by atoms with Gasteiger partial charge in [-0.3, -0.25) is 14.7 Å². The van der Waals surface area contributed by atoms with E-state index in [0.717, 1.165) is 13.0 Å². The van der Waals surface area contributed by atoms with Gasteiger partial charge in [0.15, 0.2) is 0 Å². The predicted molar refractivity (Wildman–Crippen MR) is 118 cm³/mol. The van der Waals surface area contributed by atoms with Crippen LogP contribution in [0.2, 0.25) is 0 Å². The molecule has 0 unspecified atom stereocenters. The number of rotatable bonds is 6. The fourth-order valence-electron chi connectivity index (χ4n) is 3.68. The van der Waals surface area contributed by atoms with Gasteiger partial charge in [-0.05, 0) is 51.3 Å². The molecule has 0 amide bonds. The second-order valence-corrected chi connectivity index (χ2v) is 7.20. The zero-order valence-electron chi connectivity index (χ0n) is 16.8. The van der Waals surface area contributed by atoms with Gasteiger partial charge in [-0.1, -0.05) is 0 Å². The van der Waals surface area contributed by atoms with Crippen molar-refractivity contribution in [1.29, 1.82) is 0 Å². The van der Waals surface area contributed by atoms with E-state index in [1.54, 1.807) is 35.9 Å². The van der Waals surface area contributed by atoms with E-state index in [0.29, 0.717) is 45.8 Å². The molecule has 1 aliphatic heterocycles. The quantitative estimate of drug-likeness (QED) is 0.368. The first-order valence-electron chi connectivity index (χ1n) is 9.23. The number of hydrogen-bond acceptors (Lipinski definition) is 7. The Bertz CT molecular complexity index is 1190. The van der Waals surface area contributed by atoms with Crippen LogP contribution in [-0.4, -0.2) is 47.1 Å². The van der Waals surface area contributed by atoms with Crippen molar-refractivity contribution in [2.45, 2.75) is 13.0 Å². The second kappa shape index (κ2) is 8.29. The van der Waals surface area contributed by atoms with Gasteiger partial charge in [-0.25, -0.2) is 4.79 Å². The van der Waals surface area contributed by atoms with Crippen molar-refractivity contribution < 1.29 is 9.66 Å². The van der Waals surface area contributed by atoms with Gasteiger partial charge in [0.05, 0.1) is 28.6 Å². The number of aromatic nitrogens is 2. The number of hydrogen-bond donors (Lipinski definition) is 1. The summed E-state index contributed by atoms with van der Waals surface area (Å²) in [6.45, 7) is 1.29. The molecule has 2 aromatic carbocycles. The maximum Gasteiger partial charge on any atom is 0.348 e. The maximum absolute atomic E-state index is 12.9. The highest BCUT2D eigenvalue weighted by Crippen LogP contribution is 2.46. The summed E-state index contributed by atoms with van der Waals surface area (Å²) in [5.41, 5.74) is 2.31. The number of nitro groups is 1. The Morgan fingerprint density at radius 3 is 2.70 bits per heavy atom. The first kappa shape index (κ1) is 21.5. The summed E-state index contributed by atoms with van der Waals surface area (Å²) in [6, 6.07) is 8.37. The van der Waals surface area contributed by atoms with Crippen molar-refractivity contribution >= 4 is 40.4 Å². The molecule has 9 nitrogen and oxygen atoms in total. The van der Waals surface area contributed by atoms with Crippen molar-refractivity contribution in [2.75, 3.05) is 33.1 Å². The van der Waals surface area contributed by atoms with E-state index in [1.165, 1.54) is 6.07 Å². The number of aryl methyl sites for hydroxylation is 1. The molecular formula is C20H22ClN5O4. The molecule has 1 aliphatic rings. The summed E-state index contributed by atoms with van der Waals surface area (Å²) >= 11 is 0. The van der Waals surface area contributed by atoms with Crippen molar-refractivity contribution in [3.63, 3.8) is 0 Å². The summed E-state index contributed by atoms with van der Waals surface area (Å²) in [5.74, 6) is 0.615. The van der Waals surface area contributed by atoms with Crippen LogP contribution in [-0.2, 0) is 6.54 Å². The van der Waals surface area contributed by atoms with Crippen LogP contribution in [0.15, 0.2) is 35.1 Å². The van der Waals surface area contributed by atoms with E-state index in [2.05, 4.69) is 10.3 Å². The van der Waals surface area contributed by atoms with Crippen molar-refractivity contribution in [3.05, 3.63) is 50.9 Å². The zero-order valence-corrected chi connectivity index (χ0v) is 17.7. The normalized spacial score (nSPS) is 11.6. The number of fused-ring (bicyclic) bond motifs is 2. The number of benzene rings is 2. The molecule has 3 aromatic rings. The fourth-order valence-corrected chi connectivity index (χ4v) is 3.68. The molecular weight excluding hydrogens is 410 g/mol. The van der Waals surface area contributed by atoms with Crippen LogP contribution < -0.4 is 15.7 Å². The largest absolute Gasteiger partial charge is 0.497 e. The highest BCUT2D eigenvalue weighted by molar-refractivity contribution is 6.11. The van der Waals surface area contributed by atoms with E-state index < -0.39 is 4.92 Å². The molecule has 0 aliphatic carbocycles. The summed E-state index contributed by atoms with van der Waals surface area (Å²) in [6.07, 6.45) is 0.757. The molecule has 158 valence electrons. The molecule has 10 heteroatoms. The highest BCUT2D eigenvalue weighted by Gasteiger charge is 2.28. The Morgan fingerprint density at radius 1 is 1.27 bits per heavy atom. The highest BCUT2D eigenvalue weighted by atomic mass is 35.5. The van der Waals surface area contributed by atoms with Gasteiger partial charge in [0, 0.05) is 23.9 Å². The third kappa shape index (κ3) is 3.57. The summed E-state index contributed by atoms with van der Waals surface area (Å²) in [4.78, 5) is 30.4. The van der Waals surface area contributed by atoms with Crippen LogP contribution in [0, 0.1) is 10.1 Å². The van der Waals surface area contributed by atoms with E-state index >= 15 is 0 Å². The average molecular weight is 432 g/mol. The van der Waals surface area contributed by atoms with Crippen LogP contribution in [0.3, 0.4) is 0 Å². The molecule has 0 fully saturated rings. The summed E-state index contributed by atoms with van der Waals surface area (Å²) in [5, 5.41) is 15.4. The zero-order chi connectivity index (χ0) is 20.7. The topological polar surface area (TPSA) is 103 Å². The number of halogens is 1. The Labute approximate surface area is 178 Å². The van der Waals surface area contributed by atoms with Gasteiger partial charge in [0.2, 0.25) is 0 Å². The Balaban J connectivity index is 0.00000256. The number of nitrogens with one attached hydrogen (secondary N) is 1. The minimum absolute atomic E-state index is 0. The van der Waals surface area contributed by atoms with Crippen LogP contribution in [0.1, 0.15) is 6.42 Å².